The first kappa shape index (κ1) is 19.1. The molecule has 6 nitrogen and oxygen atoms in total. The van der Waals surface area contributed by atoms with Gasteiger partial charge in [-0.1, -0.05) is 65.6 Å². The van der Waals surface area contributed by atoms with Crippen molar-refractivity contribution in [2.75, 3.05) is 22.9 Å². The Labute approximate surface area is 165 Å². The third kappa shape index (κ3) is 5.15. The molecule has 0 spiro atoms. The van der Waals surface area contributed by atoms with Crippen molar-refractivity contribution >= 4 is 45.6 Å². The molecular formula is C19H18N4O2S2. The van der Waals surface area contributed by atoms with E-state index in [-0.39, 0.29) is 17.4 Å². The average molecular weight is 399 g/mol. The first-order chi connectivity index (χ1) is 13.2. The third-order valence-electron chi connectivity index (χ3n) is 3.54. The van der Waals surface area contributed by atoms with E-state index >= 15 is 0 Å². The van der Waals surface area contributed by atoms with Crippen molar-refractivity contribution in [1.29, 1.82) is 0 Å². The molecule has 1 amide bonds. The molecule has 27 heavy (non-hydrogen) atoms. The highest BCUT2D eigenvalue weighted by atomic mass is 32.2. The van der Waals surface area contributed by atoms with Gasteiger partial charge >= 0.3 is 0 Å². The van der Waals surface area contributed by atoms with E-state index in [1.54, 1.807) is 36.4 Å². The van der Waals surface area contributed by atoms with Gasteiger partial charge in [-0.05, 0) is 19.1 Å². The Morgan fingerprint density at radius 1 is 1.04 bits per heavy atom. The van der Waals surface area contributed by atoms with Gasteiger partial charge in [0.25, 0.3) is 0 Å². The van der Waals surface area contributed by atoms with Crippen LogP contribution in [0.5, 0.6) is 0 Å². The second kappa shape index (κ2) is 9.29. The van der Waals surface area contributed by atoms with Crippen molar-refractivity contribution in [3.63, 3.8) is 0 Å². The summed E-state index contributed by atoms with van der Waals surface area (Å²) in [6, 6.07) is 16.0. The van der Waals surface area contributed by atoms with Crippen LogP contribution in [-0.2, 0) is 4.79 Å². The SMILES string of the molecule is CCNc1nnc(SCC(=O)Nc2ccccc2C(=O)c2ccccc2)s1. The fourth-order valence-electron chi connectivity index (χ4n) is 2.34. The minimum atomic E-state index is -0.200. The number of benzene rings is 2. The smallest absolute Gasteiger partial charge is 0.234 e. The van der Waals surface area contributed by atoms with Gasteiger partial charge in [0.1, 0.15) is 0 Å². The molecule has 0 radical (unpaired) electrons. The number of amides is 1. The van der Waals surface area contributed by atoms with Gasteiger partial charge < -0.3 is 10.6 Å². The van der Waals surface area contributed by atoms with Crippen LogP contribution in [0.15, 0.2) is 58.9 Å². The molecule has 0 bridgehead atoms. The molecule has 0 aliphatic carbocycles. The molecule has 0 fully saturated rings. The van der Waals surface area contributed by atoms with E-state index in [0.29, 0.717) is 16.8 Å². The quantitative estimate of drug-likeness (QED) is 0.442. The number of para-hydroxylation sites is 1. The highest BCUT2D eigenvalue weighted by molar-refractivity contribution is 8.01. The number of carbonyl (C=O) groups excluding carboxylic acids is 2. The fraction of sp³-hybridized carbons (Fsp3) is 0.158. The van der Waals surface area contributed by atoms with Crippen LogP contribution < -0.4 is 10.6 Å². The monoisotopic (exact) mass is 398 g/mol. The number of nitrogens with zero attached hydrogens (tertiary/aromatic N) is 2. The zero-order valence-corrected chi connectivity index (χ0v) is 16.3. The Hall–Kier alpha value is -2.71. The molecule has 2 aromatic carbocycles. The summed E-state index contributed by atoms with van der Waals surface area (Å²) in [6.45, 7) is 2.75. The molecule has 8 heteroatoms. The zero-order chi connectivity index (χ0) is 19.1. The summed E-state index contributed by atoms with van der Waals surface area (Å²) in [5, 5.41) is 14.7. The standard InChI is InChI=1S/C19H18N4O2S2/c1-2-20-18-22-23-19(27-18)26-12-16(24)21-15-11-7-6-10-14(15)17(25)13-8-4-3-5-9-13/h3-11H,2,12H2,1H3,(H,20,22)(H,21,24). The maximum absolute atomic E-state index is 12.7. The lowest BCUT2D eigenvalue weighted by molar-refractivity contribution is -0.113. The molecule has 0 atom stereocenters. The molecule has 0 aliphatic heterocycles. The van der Waals surface area contributed by atoms with Crippen LogP contribution in [0.4, 0.5) is 10.8 Å². The highest BCUT2D eigenvalue weighted by Gasteiger charge is 2.15. The Bertz CT molecular complexity index is 928. The second-order valence-corrected chi connectivity index (χ2v) is 7.68. The minimum Gasteiger partial charge on any atom is -0.360 e. The molecule has 0 unspecified atom stereocenters. The van der Waals surface area contributed by atoms with Crippen LogP contribution >= 0.6 is 23.1 Å². The van der Waals surface area contributed by atoms with Crippen LogP contribution in [0.2, 0.25) is 0 Å². The Kier molecular flexibility index (Phi) is 6.56. The van der Waals surface area contributed by atoms with E-state index in [2.05, 4.69) is 20.8 Å². The Morgan fingerprint density at radius 2 is 1.78 bits per heavy atom. The summed E-state index contributed by atoms with van der Waals surface area (Å²) < 4.78 is 0.717. The molecule has 0 saturated heterocycles. The summed E-state index contributed by atoms with van der Waals surface area (Å²) >= 11 is 2.72. The normalized spacial score (nSPS) is 10.4. The lowest BCUT2D eigenvalue weighted by Crippen LogP contribution is -2.16. The number of hydrogen-bond donors (Lipinski definition) is 2. The Morgan fingerprint density at radius 3 is 2.56 bits per heavy atom. The molecule has 1 heterocycles. The second-order valence-electron chi connectivity index (χ2n) is 5.48. The van der Waals surface area contributed by atoms with E-state index in [4.69, 9.17) is 0 Å². The first-order valence-electron chi connectivity index (χ1n) is 8.36. The molecule has 3 rings (SSSR count). The van der Waals surface area contributed by atoms with Gasteiger partial charge in [0.2, 0.25) is 11.0 Å². The number of hydrogen-bond acceptors (Lipinski definition) is 7. The van der Waals surface area contributed by atoms with Crippen LogP contribution in [0.25, 0.3) is 0 Å². The number of aromatic nitrogens is 2. The molecular weight excluding hydrogens is 380 g/mol. The van der Waals surface area contributed by atoms with Gasteiger partial charge in [0.15, 0.2) is 10.1 Å². The van der Waals surface area contributed by atoms with E-state index in [9.17, 15) is 9.59 Å². The molecule has 138 valence electrons. The Balaban J connectivity index is 1.65. The fourth-order valence-corrected chi connectivity index (χ4v) is 3.96. The lowest BCUT2D eigenvalue weighted by atomic mass is 10.0. The van der Waals surface area contributed by atoms with E-state index in [1.807, 2.05) is 25.1 Å². The van der Waals surface area contributed by atoms with Gasteiger partial charge in [0, 0.05) is 17.7 Å². The van der Waals surface area contributed by atoms with Crippen molar-refractivity contribution in [2.24, 2.45) is 0 Å². The number of ketones is 1. The molecule has 0 aliphatic rings. The van der Waals surface area contributed by atoms with E-state index in [0.717, 1.165) is 16.0 Å². The predicted octanol–water partition coefficient (Wildman–Crippen LogP) is 3.93. The van der Waals surface area contributed by atoms with Crippen molar-refractivity contribution in [3.05, 3.63) is 65.7 Å². The van der Waals surface area contributed by atoms with Crippen molar-refractivity contribution < 1.29 is 9.59 Å². The maximum atomic E-state index is 12.7. The molecule has 0 saturated carbocycles. The zero-order valence-electron chi connectivity index (χ0n) is 14.6. The molecule has 2 N–H and O–H groups in total. The summed E-state index contributed by atoms with van der Waals surface area (Å²) in [7, 11) is 0. The largest absolute Gasteiger partial charge is 0.360 e. The van der Waals surface area contributed by atoms with Crippen LogP contribution in [-0.4, -0.2) is 34.2 Å². The van der Waals surface area contributed by atoms with Gasteiger partial charge in [-0.2, -0.15) is 0 Å². The van der Waals surface area contributed by atoms with Gasteiger partial charge in [-0.3, -0.25) is 9.59 Å². The lowest BCUT2D eigenvalue weighted by Gasteiger charge is -2.10. The summed E-state index contributed by atoms with van der Waals surface area (Å²) in [5.74, 6) is -0.138. The minimum absolute atomic E-state index is 0.126. The predicted molar refractivity (Wildman–Crippen MR) is 110 cm³/mol. The number of anilines is 2. The molecule has 3 aromatic rings. The number of carbonyl (C=O) groups is 2. The summed E-state index contributed by atoms with van der Waals surface area (Å²) in [5.41, 5.74) is 1.55. The van der Waals surface area contributed by atoms with Gasteiger partial charge in [0.05, 0.1) is 11.4 Å². The maximum Gasteiger partial charge on any atom is 0.234 e. The van der Waals surface area contributed by atoms with E-state index < -0.39 is 0 Å². The third-order valence-corrected chi connectivity index (χ3v) is 5.56. The first-order valence-corrected chi connectivity index (χ1v) is 10.2. The van der Waals surface area contributed by atoms with Crippen LogP contribution in [0, 0.1) is 0 Å². The van der Waals surface area contributed by atoms with E-state index in [1.165, 1.54) is 23.1 Å². The average Bonchev–Trinajstić information content (AvgIpc) is 3.15. The highest BCUT2D eigenvalue weighted by Crippen LogP contribution is 2.26. The number of rotatable bonds is 8. The van der Waals surface area contributed by atoms with Crippen molar-refractivity contribution in [1.82, 2.24) is 10.2 Å². The van der Waals surface area contributed by atoms with Crippen LogP contribution in [0.3, 0.4) is 0 Å². The van der Waals surface area contributed by atoms with Crippen molar-refractivity contribution in [2.45, 2.75) is 11.3 Å². The van der Waals surface area contributed by atoms with Gasteiger partial charge in [-0.25, -0.2) is 0 Å². The summed E-state index contributed by atoms with van der Waals surface area (Å²) in [4.78, 5) is 25.0. The topological polar surface area (TPSA) is 84.0 Å². The number of thioether (sulfide) groups is 1. The van der Waals surface area contributed by atoms with Gasteiger partial charge in [-0.15, -0.1) is 10.2 Å². The van der Waals surface area contributed by atoms with Crippen molar-refractivity contribution in [3.8, 4) is 0 Å². The molecule has 1 aromatic heterocycles. The van der Waals surface area contributed by atoms with Crippen LogP contribution in [0.1, 0.15) is 22.8 Å². The number of nitrogens with one attached hydrogen (secondary N) is 2. The summed E-state index contributed by atoms with van der Waals surface area (Å²) in [6.07, 6.45) is 0.